The monoisotopic (exact) mass is 218 g/mol. The van der Waals surface area contributed by atoms with Gasteiger partial charge in [-0.25, -0.2) is 0 Å². The lowest BCUT2D eigenvalue weighted by atomic mass is 10.1. The summed E-state index contributed by atoms with van der Waals surface area (Å²) in [6.45, 7) is 0. The first-order valence-electron chi connectivity index (χ1n) is 5.72. The van der Waals surface area contributed by atoms with Gasteiger partial charge in [-0.05, 0) is 29.0 Å². The van der Waals surface area contributed by atoms with E-state index in [1.165, 1.54) is 21.5 Å². The van der Waals surface area contributed by atoms with Crippen molar-refractivity contribution in [3.63, 3.8) is 0 Å². The molecular weight excluding hydrogens is 208 g/mol. The summed E-state index contributed by atoms with van der Waals surface area (Å²) in [7, 11) is 0. The third kappa shape index (κ3) is 1.19. The summed E-state index contributed by atoms with van der Waals surface area (Å²) < 4.78 is 5.86. The lowest BCUT2D eigenvalue weighted by Crippen LogP contribution is -1.71. The molecule has 0 N–H and O–H groups in total. The minimum absolute atomic E-state index is 0.956. The van der Waals surface area contributed by atoms with Crippen LogP contribution in [0.5, 0.6) is 0 Å². The second-order valence-electron chi connectivity index (χ2n) is 4.29. The molecule has 1 nitrogen and oxygen atoms in total. The van der Waals surface area contributed by atoms with Crippen molar-refractivity contribution in [1.29, 1.82) is 0 Å². The Balaban J connectivity index is 2.28. The lowest BCUT2D eigenvalue weighted by Gasteiger charge is -1.96. The Kier molecular flexibility index (Phi) is 1.61. The van der Waals surface area contributed by atoms with E-state index in [0.29, 0.717) is 0 Å². The van der Waals surface area contributed by atoms with Crippen molar-refractivity contribution in [2.75, 3.05) is 0 Å². The van der Waals surface area contributed by atoms with Crippen LogP contribution in [0, 0.1) is 0 Å². The fourth-order valence-corrected chi connectivity index (χ4v) is 2.41. The topological polar surface area (TPSA) is 13.1 Å². The first kappa shape index (κ1) is 8.82. The summed E-state index contributed by atoms with van der Waals surface area (Å²) in [6.07, 6.45) is 0. The zero-order valence-electron chi connectivity index (χ0n) is 9.18. The molecule has 0 amide bonds. The standard InChI is InChI=1S/C16H10O/c1-2-6-12-10-16-14(9-11(12)5-1)13-7-3-4-8-15(13)17-16/h1-10H. The summed E-state index contributed by atoms with van der Waals surface area (Å²) >= 11 is 0. The molecule has 1 aromatic heterocycles. The number of hydrogen-bond acceptors (Lipinski definition) is 1. The summed E-state index contributed by atoms with van der Waals surface area (Å²) in [5, 5.41) is 4.86. The van der Waals surface area contributed by atoms with Crippen LogP contribution in [-0.2, 0) is 0 Å². The highest BCUT2D eigenvalue weighted by Crippen LogP contribution is 2.31. The molecule has 0 bridgehead atoms. The molecule has 0 saturated heterocycles. The van der Waals surface area contributed by atoms with Crippen LogP contribution in [0.4, 0.5) is 0 Å². The van der Waals surface area contributed by atoms with Gasteiger partial charge >= 0.3 is 0 Å². The van der Waals surface area contributed by atoms with Crippen LogP contribution in [0.2, 0.25) is 0 Å². The molecule has 0 aliphatic rings. The van der Waals surface area contributed by atoms with Gasteiger partial charge in [-0.3, -0.25) is 0 Å². The van der Waals surface area contributed by atoms with E-state index in [-0.39, 0.29) is 0 Å². The number of para-hydroxylation sites is 1. The highest BCUT2D eigenvalue weighted by Gasteiger charge is 2.06. The SMILES string of the molecule is c1ccc2cc3c(cc2c1)oc1ccccc13. The van der Waals surface area contributed by atoms with Gasteiger partial charge in [0.25, 0.3) is 0 Å². The Labute approximate surface area is 98.3 Å². The van der Waals surface area contributed by atoms with Crippen LogP contribution < -0.4 is 0 Å². The van der Waals surface area contributed by atoms with E-state index in [1.54, 1.807) is 0 Å². The van der Waals surface area contributed by atoms with E-state index in [2.05, 4.69) is 42.5 Å². The molecule has 0 atom stereocenters. The van der Waals surface area contributed by atoms with Crippen molar-refractivity contribution in [3.8, 4) is 0 Å². The Morgan fingerprint density at radius 1 is 0.588 bits per heavy atom. The maximum Gasteiger partial charge on any atom is 0.136 e. The van der Waals surface area contributed by atoms with Gasteiger partial charge in [-0.15, -0.1) is 0 Å². The number of fused-ring (bicyclic) bond motifs is 4. The molecule has 0 aliphatic heterocycles. The van der Waals surface area contributed by atoms with Crippen LogP contribution in [0.15, 0.2) is 65.1 Å². The maximum absolute atomic E-state index is 5.86. The van der Waals surface area contributed by atoms with E-state index >= 15 is 0 Å². The minimum Gasteiger partial charge on any atom is -0.456 e. The van der Waals surface area contributed by atoms with Gasteiger partial charge in [0.05, 0.1) is 0 Å². The Hall–Kier alpha value is -2.28. The molecule has 4 rings (SSSR count). The van der Waals surface area contributed by atoms with Crippen molar-refractivity contribution in [2.45, 2.75) is 0 Å². The van der Waals surface area contributed by atoms with Gasteiger partial charge in [0.2, 0.25) is 0 Å². The number of benzene rings is 3. The summed E-state index contributed by atoms with van der Waals surface area (Å²) in [5.41, 5.74) is 1.92. The van der Waals surface area contributed by atoms with Crippen molar-refractivity contribution < 1.29 is 4.42 Å². The number of hydrogen-bond donors (Lipinski definition) is 0. The smallest absolute Gasteiger partial charge is 0.136 e. The maximum atomic E-state index is 5.86. The minimum atomic E-state index is 0.956. The molecule has 3 aromatic carbocycles. The second kappa shape index (κ2) is 3.11. The molecule has 0 unspecified atom stereocenters. The van der Waals surface area contributed by atoms with Gasteiger partial charge in [0, 0.05) is 10.8 Å². The van der Waals surface area contributed by atoms with Gasteiger partial charge < -0.3 is 4.42 Å². The summed E-state index contributed by atoms with van der Waals surface area (Å²) in [6, 6.07) is 20.9. The summed E-state index contributed by atoms with van der Waals surface area (Å²) in [4.78, 5) is 0. The zero-order valence-corrected chi connectivity index (χ0v) is 9.18. The predicted molar refractivity (Wildman–Crippen MR) is 71.2 cm³/mol. The molecule has 0 fully saturated rings. The normalized spacial score (nSPS) is 11.5. The fourth-order valence-electron chi connectivity index (χ4n) is 2.41. The van der Waals surface area contributed by atoms with Crippen LogP contribution in [-0.4, -0.2) is 0 Å². The third-order valence-corrected chi connectivity index (χ3v) is 3.25. The van der Waals surface area contributed by atoms with Gasteiger partial charge in [-0.2, -0.15) is 0 Å². The van der Waals surface area contributed by atoms with E-state index in [0.717, 1.165) is 11.2 Å². The van der Waals surface area contributed by atoms with Crippen LogP contribution in [0.1, 0.15) is 0 Å². The molecule has 80 valence electrons. The van der Waals surface area contributed by atoms with Crippen molar-refractivity contribution in [2.24, 2.45) is 0 Å². The average Bonchev–Trinajstić information content (AvgIpc) is 2.73. The molecule has 0 spiro atoms. The van der Waals surface area contributed by atoms with E-state index in [1.807, 2.05) is 18.2 Å². The molecule has 0 saturated carbocycles. The molecular formula is C16H10O. The molecule has 1 heteroatoms. The van der Waals surface area contributed by atoms with Crippen molar-refractivity contribution in [3.05, 3.63) is 60.7 Å². The van der Waals surface area contributed by atoms with E-state index < -0.39 is 0 Å². The van der Waals surface area contributed by atoms with Crippen molar-refractivity contribution >= 4 is 32.7 Å². The first-order valence-corrected chi connectivity index (χ1v) is 5.72. The Morgan fingerprint density at radius 3 is 2.18 bits per heavy atom. The molecule has 0 radical (unpaired) electrons. The molecule has 0 aliphatic carbocycles. The van der Waals surface area contributed by atoms with Gasteiger partial charge in [0.1, 0.15) is 11.2 Å². The van der Waals surface area contributed by atoms with Crippen molar-refractivity contribution in [1.82, 2.24) is 0 Å². The van der Waals surface area contributed by atoms with E-state index in [9.17, 15) is 0 Å². The number of rotatable bonds is 0. The van der Waals surface area contributed by atoms with Gasteiger partial charge in [0.15, 0.2) is 0 Å². The zero-order chi connectivity index (χ0) is 11.2. The molecule has 1 heterocycles. The molecule has 4 aromatic rings. The Morgan fingerprint density at radius 2 is 1.29 bits per heavy atom. The van der Waals surface area contributed by atoms with Crippen LogP contribution in [0.3, 0.4) is 0 Å². The Bertz CT molecular complexity index is 834. The van der Waals surface area contributed by atoms with Crippen LogP contribution in [0.25, 0.3) is 32.7 Å². The lowest BCUT2D eigenvalue weighted by molar-refractivity contribution is 0.669. The quantitative estimate of drug-likeness (QED) is 0.415. The third-order valence-electron chi connectivity index (χ3n) is 3.25. The highest BCUT2D eigenvalue weighted by atomic mass is 16.3. The van der Waals surface area contributed by atoms with Crippen LogP contribution >= 0.6 is 0 Å². The predicted octanol–water partition coefficient (Wildman–Crippen LogP) is 4.74. The largest absolute Gasteiger partial charge is 0.456 e. The summed E-state index contributed by atoms with van der Waals surface area (Å²) in [5.74, 6) is 0. The van der Waals surface area contributed by atoms with E-state index in [4.69, 9.17) is 4.42 Å². The highest BCUT2D eigenvalue weighted by molar-refractivity contribution is 6.09. The molecule has 17 heavy (non-hydrogen) atoms. The first-order chi connectivity index (χ1) is 8.42. The fraction of sp³-hybridized carbons (Fsp3) is 0. The second-order valence-corrected chi connectivity index (χ2v) is 4.29. The number of furan rings is 1. The van der Waals surface area contributed by atoms with Gasteiger partial charge in [-0.1, -0.05) is 42.5 Å². The average molecular weight is 218 g/mol.